The zero-order valence-electron chi connectivity index (χ0n) is 14.0. The van der Waals surface area contributed by atoms with Gasteiger partial charge >= 0.3 is 12.1 Å². The van der Waals surface area contributed by atoms with E-state index in [1.807, 2.05) is 0 Å². The second-order valence-corrected chi connectivity index (χ2v) is 5.79. The SMILES string of the molecule is CCOC(=O)CN1C(=O)O[C@@H](c2ccc(F)cc2)[C@H]1c1ccc(F)cc1. The molecule has 2 aromatic rings. The fraction of sp³-hybridized carbons (Fsp3) is 0.263. The molecule has 0 unspecified atom stereocenters. The van der Waals surface area contributed by atoms with Gasteiger partial charge in [-0.3, -0.25) is 9.69 Å². The summed E-state index contributed by atoms with van der Waals surface area (Å²) in [5.41, 5.74) is 1.16. The van der Waals surface area contributed by atoms with Crippen LogP contribution >= 0.6 is 0 Å². The van der Waals surface area contributed by atoms with Crippen LogP contribution in [0.3, 0.4) is 0 Å². The lowest BCUT2D eigenvalue weighted by molar-refractivity contribution is -0.144. The molecule has 7 heteroatoms. The molecule has 0 aliphatic carbocycles. The standard InChI is InChI=1S/C19H17F2NO4/c1-2-25-16(23)11-22-17(12-3-7-14(20)8-4-12)18(26-19(22)24)13-5-9-15(21)10-6-13/h3-10,17-18H,2,11H2,1H3/t17-,18+/m1/s1. The van der Waals surface area contributed by atoms with Crippen LogP contribution in [0.15, 0.2) is 48.5 Å². The molecule has 136 valence electrons. The van der Waals surface area contributed by atoms with Gasteiger partial charge in [0.05, 0.1) is 6.61 Å². The molecule has 0 N–H and O–H groups in total. The molecule has 0 bridgehead atoms. The molecule has 5 nitrogen and oxygen atoms in total. The van der Waals surface area contributed by atoms with Crippen molar-refractivity contribution in [3.63, 3.8) is 0 Å². The first kappa shape index (κ1) is 17.8. The summed E-state index contributed by atoms with van der Waals surface area (Å²) in [7, 11) is 0. The molecule has 1 heterocycles. The van der Waals surface area contributed by atoms with E-state index in [1.54, 1.807) is 6.92 Å². The molecule has 1 aliphatic rings. The number of carbonyl (C=O) groups is 2. The quantitative estimate of drug-likeness (QED) is 0.761. The maximum atomic E-state index is 13.3. The molecule has 1 fully saturated rings. The van der Waals surface area contributed by atoms with Gasteiger partial charge in [-0.2, -0.15) is 0 Å². The predicted molar refractivity (Wildman–Crippen MR) is 88.1 cm³/mol. The monoisotopic (exact) mass is 361 g/mol. The highest BCUT2D eigenvalue weighted by Crippen LogP contribution is 2.42. The third kappa shape index (κ3) is 3.66. The minimum atomic E-state index is -0.761. The Morgan fingerprint density at radius 2 is 1.58 bits per heavy atom. The van der Waals surface area contributed by atoms with Gasteiger partial charge in [-0.15, -0.1) is 0 Å². The molecule has 1 amide bonds. The van der Waals surface area contributed by atoms with E-state index in [1.165, 1.54) is 53.4 Å². The largest absolute Gasteiger partial charge is 0.465 e. The summed E-state index contributed by atoms with van der Waals surface area (Å²) >= 11 is 0. The first-order valence-electron chi connectivity index (χ1n) is 8.13. The number of ether oxygens (including phenoxy) is 2. The number of hydrogen-bond donors (Lipinski definition) is 0. The average molecular weight is 361 g/mol. The maximum Gasteiger partial charge on any atom is 0.411 e. The lowest BCUT2D eigenvalue weighted by Crippen LogP contribution is -2.34. The van der Waals surface area contributed by atoms with Crippen molar-refractivity contribution in [2.45, 2.75) is 19.1 Å². The number of halogens is 2. The van der Waals surface area contributed by atoms with E-state index in [2.05, 4.69) is 0 Å². The number of cyclic esters (lactones) is 1. The van der Waals surface area contributed by atoms with Gasteiger partial charge in [0.15, 0.2) is 6.10 Å². The van der Waals surface area contributed by atoms with Crippen molar-refractivity contribution in [1.82, 2.24) is 4.90 Å². The number of amides is 1. The fourth-order valence-electron chi connectivity index (χ4n) is 2.94. The Morgan fingerprint density at radius 3 is 2.12 bits per heavy atom. The van der Waals surface area contributed by atoms with Crippen LogP contribution in [0.25, 0.3) is 0 Å². The Labute approximate surface area is 149 Å². The number of carbonyl (C=O) groups excluding carboxylic acids is 2. The Kier molecular flexibility index (Phi) is 5.16. The maximum absolute atomic E-state index is 13.3. The smallest absolute Gasteiger partial charge is 0.411 e. The Hall–Kier alpha value is -2.96. The van der Waals surface area contributed by atoms with Crippen LogP contribution in [0.5, 0.6) is 0 Å². The van der Waals surface area contributed by atoms with Crippen LogP contribution < -0.4 is 0 Å². The minimum Gasteiger partial charge on any atom is -0.465 e. The summed E-state index contributed by atoms with van der Waals surface area (Å²) in [5, 5.41) is 0. The summed E-state index contributed by atoms with van der Waals surface area (Å²) in [6.45, 7) is 1.55. The molecule has 2 atom stereocenters. The van der Waals surface area contributed by atoms with E-state index in [0.29, 0.717) is 11.1 Å². The fourth-order valence-corrected chi connectivity index (χ4v) is 2.94. The third-order valence-corrected chi connectivity index (χ3v) is 4.10. The van der Waals surface area contributed by atoms with E-state index in [4.69, 9.17) is 9.47 Å². The number of esters is 1. The molecule has 0 saturated carbocycles. The highest BCUT2D eigenvalue weighted by atomic mass is 19.1. The van der Waals surface area contributed by atoms with Crippen LogP contribution in [-0.2, 0) is 14.3 Å². The summed E-state index contributed by atoms with van der Waals surface area (Å²) < 4.78 is 36.9. The Bertz CT molecular complexity index is 792. The molecule has 0 radical (unpaired) electrons. The summed E-state index contributed by atoms with van der Waals surface area (Å²) in [5.74, 6) is -1.41. The van der Waals surface area contributed by atoms with Crippen LogP contribution in [0, 0.1) is 11.6 Å². The van der Waals surface area contributed by atoms with Crippen molar-refractivity contribution in [2.75, 3.05) is 13.2 Å². The van der Waals surface area contributed by atoms with Crippen molar-refractivity contribution in [2.24, 2.45) is 0 Å². The zero-order valence-corrected chi connectivity index (χ0v) is 14.0. The summed E-state index contributed by atoms with van der Waals surface area (Å²) in [4.78, 5) is 25.5. The lowest BCUT2D eigenvalue weighted by atomic mass is 9.95. The van der Waals surface area contributed by atoms with Gasteiger partial charge < -0.3 is 9.47 Å². The van der Waals surface area contributed by atoms with Gasteiger partial charge in [-0.1, -0.05) is 24.3 Å². The molecule has 0 aromatic heterocycles. The highest BCUT2D eigenvalue weighted by Gasteiger charge is 2.44. The van der Waals surface area contributed by atoms with E-state index < -0.39 is 35.8 Å². The molecule has 0 spiro atoms. The van der Waals surface area contributed by atoms with Crippen molar-refractivity contribution < 1.29 is 27.8 Å². The van der Waals surface area contributed by atoms with Crippen LogP contribution in [-0.4, -0.2) is 30.1 Å². The second-order valence-electron chi connectivity index (χ2n) is 5.79. The molecule has 1 aliphatic heterocycles. The number of benzene rings is 2. The van der Waals surface area contributed by atoms with Gasteiger partial charge in [0.1, 0.15) is 24.2 Å². The van der Waals surface area contributed by atoms with Crippen LogP contribution in [0.1, 0.15) is 30.2 Å². The molecule has 3 rings (SSSR count). The van der Waals surface area contributed by atoms with Crippen LogP contribution in [0.2, 0.25) is 0 Å². The van der Waals surface area contributed by atoms with Crippen molar-refractivity contribution >= 4 is 12.1 Å². The molecular weight excluding hydrogens is 344 g/mol. The third-order valence-electron chi connectivity index (χ3n) is 4.10. The van der Waals surface area contributed by atoms with E-state index in [9.17, 15) is 18.4 Å². The average Bonchev–Trinajstić information content (AvgIpc) is 2.93. The Balaban J connectivity index is 1.97. The number of rotatable bonds is 5. The van der Waals surface area contributed by atoms with Gasteiger partial charge in [0.25, 0.3) is 0 Å². The topological polar surface area (TPSA) is 55.8 Å². The van der Waals surface area contributed by atoms with Gasteiger partial charge in [-0.25, -0.2) is 13.6 Å². The van der Waals surface area contributed by atoms with E-state index >= 15 is 0 Å². The Morgan fingerprint density at radius 1 is 1.04 bits per heavy atom. The van der Waals surface area contributed by atoms with E-state index in [0.717, 1.165) is 0 Å². The van der Waals surface area contributed by atoms with Crippen LogP contribution in [0.4, 0.5) is 13.6 Å². The second kappa shape index (κ2) is 7.51. The first-order chi connectivity index (χ1) is 12.5. The normalized spacial score (nSPS) is 19.3. The minimum absolute atomic E-state index is 0.185. The zero-order chi connectivity index (χ0) is 18.7. The first-order valence-corrected chi connectivity index (χ1v) is 8.13. The van der Waals surface area contributed by atoms with E-state index in [-0.39, 0.29) is 13.2 Å². The highest BCUT2D eigenvalue weighted by molar-refractivity contribution is 5.80. The van der Waals surface area contributed by atoms with Gasteiger partial charge in [0, 0.05) is 0 Å². The summed E-state index contributed by atoms with van der Waals surface area (Å²) in [6.07, 6.45) is -1.45. The van der Waals surface area contributed by atoms with Crippen molar-refractivity contribution in [3.8, 4) is 0 Å². The van der Waals surface area contributed by atoms with Crippen molar-refractivity contribution in [3.05, 3.63) is 71.3 Å². The van der Waals surface area contributed by atoms with Gasteiger partial charge in [-0.05, 0) is 42.3 Å². The van der Waals surface area contributed by atoms with Crippen molar-refractivity contribution in [1.29, 1.82) is 0 Å². The molecule has 26 heavy (non-hydrogen) atoms. The molecular formula is C19H17F2NO4. The number of hydrogen-bond acceptors (Lipinski definition) is 4. The molecule has 1 saturated heterocycles. The molecule has 2 aromatic carbocycles. The van der Waals surface area contributed by atoms with Gasteiger partial charge in [0.2, 0.25) is 0 Å². The lowest BCUT2D eigenvalue weighted by Gasteiger charge is -2.24. The number of nitrogens with zero attached hydrogens (tertiary/aromatic N) is 1. The predicted octanol–water partition coefficient (Wildman–Crippen LogP) is 3.76. The summed E-state index contributed by atoms with van der Waals surface area (Å²) in [6, 6.07) is 10.5.